The summed E-state index contributed by atoms with van der Waals surface area (Å²) in [6, 6.07) is 8.72. The monoisotopic (exact) mass is 244 g/mol. The van der Waals surface area contributed by atoms with E-state index in [9.17, 15) is 9.59 Å². The Hall–Kier alpha value is -2.43. The Morgan fingerprint density at radius 2 is 2.00 bits per heavy atom. The van der Waals surface area contributed by atoms with Crippen molar-refractivity contribution in [1.29, 1.82) is 0 Å². The average Bonchev–Trinajstić information content (AvgIpc) is 2.31. The van der Waals surface area contributed by atoms with Crippen LogP contribution < -0.4 is 5.56 Å². The molecule has 2 aromatic rings. The molecule has 0 saturated carbocycles. The summed E-state index contributed by atoms with van der Waals surface area (Å²) in [5.41, 5.74) is 1.41. The van der Waals surface area contributed by atoms with Gasteiger partial charge in [-0.1, -0.05) is 29.8 Å². The molecule has 5 heteroatoms. The van der Waals surface area contributed by atoms with Crippen molar-refractivity contribution < 1.29 is 9.90 Å². The van der Waals surface area contributed by atoms with Crippen LogP contribution in [0.15, 0.2) is 35.1 Å². The number of carboxylic acid groups (broad SMARTS) is 1. The fourth-order valence-electron chi connectivity index (χ4n) is 1.60. The maximum Gasteiger partial charge on any atom is 0.354 e. The number of aromatic nitrogens is 2. The first kappa shape index (κ1) is 12.0. The highest BCUT2D eigenvalue weighted by Gasteiger charge is 2.08. The SMILES string of the molecule is Cc1ccc(Cc2nc(C(=O)O)cc(=O)[nH]2)cc1. The van der Waals surface area contributed by atoms with Gasteiger partial charge in [0.25, 0.3) is 5.56 Å². The second-order valence-electron chi connectivity index (χ2n) is 4.04. The fraction of sp³-hybridized carbons (Fsp3) is 0.154. The molecule has 92 valence electrons. The zero-order valence-corrected chi connectivity index (χ0v) is 9.80. The zero-order chi connectivity index (χ0) is 13.1. The molecular formula is C13H12N2O3. The van der Waals surface area contributed by atoms with Crippen LogP contribution in [0.2, 0.25) is 0 Å². The first-order valence-electron chi connectivity index (χ1n) is 5.43. The minimum atomic E-state index is -1.20. The summed E-state index contributed by atoms with van der Waals surface area (Å²) in [4.78, 5) is 28.5. The Labute approximate surface area is 103 Å². The van der Waals surface area contributed by atoms with E-state index < -0.39 is 11.5 Å². The van der Waals surface area contributed by atoms with Crippen molar-refractivity contribution in [2.75, 3.05) is 0 Å². The predicted molar refractivity (Wildman–Crippen MR) is 65.8 cm³/mol. The maximum absolute atomic E-state index is 11.3. The number of nitrogens with one attached hydrogen (secondary N) is 1. The van der Waals surface area contributed by atoms with Gasteiger partial charge in [-0.3, -0.25) is 4.79 Å². The molecule has 0 fully saturated rings. The van der Waals surface area contributed by atoms with E-state index in [0.717, 1.165) is 17.2 Å². The van der Waals surface area contributed by atoms with Gasteiger partial charge in [-0.15, -0.1) is 0 Å². The minimum absolute atomic E-state index is 0.235. The van der Waals surface area contributed by atoms with Gasteiger partial charge in [0.05, 0.1) is 0 Å². The molecule has 0 aliphatic heterocycles. The van der Waals surface area contributed by atoms with Crippen LogP contribution >= 0.6 is 0 Å². The smallest absolute Gasteiger partial charge is 0.354 e. The number of carbonyl (C=O) groups is 1. The molecule has 0 aliphatic rings. The Kier molecular flexibility index (Phi) is 3.23. The number of nitrogens with zero attached hydrogens (tertiary/aromatic N) is 1. The van der Waals surface area contributed by atoms with Gasteiger partial charge >= 0.3 is 5.97 Å². The number of carboxylic acids is 1. The van der Waals surface area contributed by atoms with E-state index in [1.807, 2.05) is 31.2 Å². The van der Waals surface area contributed by atoms with Crippen LogP contribution in [0.5, 0.6) is 0 Å². The summed E-state index contributed by atoms with van der Waals surface area (Å²) in [6.45, 7) is 1.98. The molecule has 0 saturated heterocycles. The fourth-order valence-corrected chi connectivity index (χ4v) is 1.60. The third kappa shape index (κ3) is 2.82. The summed E-state index contributed by atoms with van der Waals surface area (Å²) in [7, 11) is 0. The largest absolute Gasteiger partial charge is 0.477 e. The van der Waals surface area contributed by atoms with Gasteiger partial charge in [0.2, 0.25) is 0 Å². The lowest BCUT2D eigenvalue weighted by Crippen LogP contribution is -2.15. The van der Waals surface area contributed by atoms with E-state index >= 15 is 0 Å². The van der Waals surface area contributed by atoms with Crippen molar-refractivity contribution in [3.05, 3.63) is 63.3 Å². The van der Waals surface area contributed by atoms with Gasteiger partial charge in [0, 0.05) is 12.5 Å². The highest BCUT2D eigenvalue weighted by atomic mass is 16.4. The Balaban J connectivity index is 2.31. The summed E-state index contributed by atoms with van der Waals surface area (Å²) >= 11 is 0. The van der Waals surface area contributed by atoms with Crippen LogP contribution in [-0.2, 0) is 6.42 Å². The van der Waals surface area contributed by atoms with Gasteiger partial charge in [0.15, 0.2) is 5.69 Å². The molecule has 18 heavy (non-hydrogen) atoms. The van der Waals surface area contributed by atoms with Gasteiger partial charge in [0.1, 0.15) is 5.82 Å². The van der Waals surface area contributed by atoms with Crippen molar-refractivity contribution in [2.45, 2.75) is 13.3 Å². The van der Waals surface area contributed by atoms with E-state index in [-0.39, 0.29) is 5.69 Å². The number of hydrogen-bond donors (Lipinski definition) is 2. The second-order valence-corrected chi connectivity index (χ2v) is 4.04. The summed E-state index contributed by atoms with van der Waals surface area (Å²) in [5.74, 6) is -0.852. The molecule has 2 rings (SSSR count). The Bertz CT molecular complexity index is 629. The van der Waals surface area contributed by atoms with Crippen molar-refractivity contribution >= 4 is 5.97 Å². The van der Waals surface area contributed by atoms with Gasteiger partial charge in [-0.05, 0) is 12.5 Å². The Morgan fingerprint density at radius 3 is 2.61 bits per heavy atom. The quantitative estimate of drug-likeness (QED) is 0.854. The number of aromatic carboxylic acids is 1. The highest BCUT2D eigenvalue weighted by molar-refractivity contribution is 5.85. The van der Waals surface area contributed by atoms with Crippen LogP contribution in [0.3, 0.4) is 0 Å². The third-order valence-corrected chi connectivity index (χ3v) is 2.50. The predicted octanol–water partition coefficient (Wildman–Crippen LogP) is 1.37. The molecule has 1 heterocycles. The molecule has 0 bridgehead atoms. The van der Waals surface area contributed by atoms with Crippen molar-refractivity contribution in [3.63, 3.8) is 0 Å². The van der Waals surface area contributed by atoms with E-state index in [2.05, 4.69) is 9.97 Å². The first-order valence-corrected chi connectivity index (χ1v) is 5.43. The molecule has 2 N–H and O–H groups in total. The number of rotatable bonds is 3. The second kappa shape index (κ2) is 4.83. The van der Waals surface area contributed by atoms with Crippen LogP contribution in [0, 0.1) is 6.92 Å². The minimum Gasteiger partial charge on any atom is -0.477 e. The van der Waals surface area contributed by atoms with Gasteiger partial charge < -0.3 is 10.1 Å². The molecule has 5 nitrogen and oxygen atoms in total. The number of benzene rings is 1. The van der Waals surface area contributed by atoms with Crippen LogP contribution in [0.25, 0.3) is 0 Å². The topological polar surface area (TPSA) is 83.0 Å². The van der Waals surface area contributed by atoms with Crippen molar-refractivity contribution in [1.82, 2.24) is 9.97 Å². The molecule has 0 atom stereocenters. The molecule has 0 amide bonds. The van der Waals surface area contributed by atoms with Crippen molar-refractivity contribution in [2.24, 2.45) is 0 Å². The summed E-state index contributed by atoms with van der Waals surface area (Å²) in [5, 5.41) is 8.82. The number of aryl methyl sites for hydroxylation is 1. The lowest BCUT2D eigenvalue weighted by molar-refractivity contribution is 0.0689. The molecule has 1 aromatic carbocycles. The van der Waals surface area contributed by atoms with Gasteiger partial charge in [-0.2, -0.15) is 0 Å². The molecule has 0 spiro atoms. The number of H-pyrrole nitrogens is 1. The van der Waals surface area contributed by atoms with Crippen molar-refractivity contribution in [3.8, 4) is 0 Å². The maximum atomic E-state index is 11.3. The van der Waals surface area contributed by atoms with Crippen LogP contribution in [-0.4, -0.2) is 21.0 Å². The lowest BCUT2D eigenvalue weighted by Gasteiger charge is -2.02. The van der Waals surface area contributed by atoms with E-state index in [0.29, 0.717) is 12.2 Å². The molecule has 0 aliphatic carbocycles. The highest BCUT2D eigenvalue weighted by Crippen LogP contribution is 2.07. The number of aromatic amines is 1. The molecule has 0 radical (unpaired) electrons. The van der Waals surface area contributed by atoms with Crippen LogP contribution in [0.4, 0.5) is 0 Å². The van der Waals surface area contributed by atoms with E-state index in [4.69, 9.17) is 5.11 Å². The Morgan fingerprint density at radius 1 is 1.33 bits per heavy atom. The van der Waals surface area contributed by atoms with Gasteiger partial charge in [-0.25, -0.2) is 9.78 Å². The molecular weight excluding hydrogens is 232 g/mol. The first-order chi connectivity index (χ1) is 8.54. The molecule has 0 unspecified atom stereocenters. The lowest BCUT2D eigenvalue weighted by atomic mass is 10.1. The average molecular weight is 244 g/mol. The normalized spacial score (nSPS) is 10.3. The zero-order valence-electron chi connectivity index (χ0n) is 9.80. The van der Waals surface area contributed by atoms with E-state index in [1.165, 1.54) is 0 Å². The van der Waals surface area contributed by atoms with E-state index in [1.54, 1.807) is 0 Å². The number of hydrogen-bond acceptors (Lipinski definition) is 3. The molecule has 1 aromatic heterocycles. The third-order valence-electron chi connectivity index (χ3n) is 2.50. The summed E-state index contributed by atoms with van der Waals surface area (Å²) in [6.07, 6.45) is 0.399. The van der Waals surface area contributed by atoms with Crippen LogP contribution in [0.1, 0.15) is 27.4 Å². The standard InChI is InChI=1S/C13H12N2O3/c1-8-2-4-9(5-3-8)6-11-14-10(13(17)18)7-12(16)15-11/h2-5,7H,6H2,1H3,(H,17,18)(H,14,15,16). The summed E-state index contributed by atoms with van der Waals surface area (Å²) < 4.78 is 0.